The van der Waals surface area contributed by atoms with E-state index in [-0.39, 0.29) is 5.91 Å². The van der Waals surface area contributed by atoms with E-state index in [9.17, 15) is 4.79 Å². The van der Waals surface area contributed by atoms with Crippen LogP contribution in [0, 0.1) is 0 Å². The molecule has 0 spiro atoms. The van der Waals surface area contributed by atoms with Gasteiger partial charge in [-0.15, -0.1) is 0 Å². The number of hydrogen-bond donors (Lipinski definition) is 2. The lowest BCUT2D eigenvalue weighted by Gasteiger charge is -2.26. The highest BCUT2D eigenvalue weighted by Crippen LogP contribution is 2.12. The lowest BCUT2D eigenvalue weighted by Crippen LogP contribution is -2.35. The Labute approximate surface area is 126 Å². The number of amides is 1. The molecule has 112 valence electrons. The van der Waals surface area contributed by atoms with Crippen LogP contribution in [0.25, 0.3) is 0 Å². The first-order chi connectivity index (χ1) is 9.56. The van der Waals surface area contributed by atoms with Crippen molar-refractivity contribution in [3.63, 3.8) is 0 Å². The molecular weight excluding hydrogens is 270 g/mol. The molecular formula is C15H25N3OS. The molecule has 0 aliphatic heterocycles. The first-order valence-electron chi connectivity index (χ1n) is 6.91. The zero-order valence-corrected chi connectivity index (χ0v) is 13.4. The summed E-state index contributed by atoms with van der Waals surface area (Å²) in [4.78, 5) is 14.2. The third-order valence-corrected chi connectivity index (χ3v) is 4.06. The topological polar surface area (TPSA) is 58.4 Å². The standard InChI is InChI=1S/C15H25N3OS/c1-4-14(11-20-3)18(2)10-9-15(19)17-13-7-5-12(16)6-8-13/h5-8,14H,4,9-11,16H2,1-3H3,(H,17,19). The Morgan fingerprint density at radius 3 is 2.60 bits per heavy atom. The molecule has 4 nitrogen and oxygen atoms in total. The molecule has 0 aliphatic carbocycles. The molecule has 0 aromatic heterocycles. The highest BCUT2D eigenvalue weighted by molar-refractivity contribution is 7.98. The molecule has 5 heteroatoms. The summed E-state index contributed by atoms with van der Waals surface area (Å²) in [6.07, 6.45) is 3.73. The summed E-state index contributed by atoms with van der Waals surface area (Å²) in [5.41, 5.74) is 7.11. The van der Waals surface area contributed by atoms with Gasteiger partial charge >= 0.3 is 0 Å². The van der Waals surface area contributed by atoms with E-state index < -0.39 is 0 Å². The number of nitrogens with zero attached hydrogens (tertiary/aromatic N) is 1. The number of hydrogen-bond acceptors (Lipinski definition) is 4. The monoisotopic (exact) mass is 295 g/mol. The summed E-state index contributed by atoms with van der Waals surface area (Å²) < 4.78 is 0. The van der Waals surface area contributed by atoms with Gasteiger partial charge in [0.2, 0.25) is 5.91 Å². The molecule has 0 radical (unpaired) electrons. The second-order valence-corrected chi connectivity index (χ2v) is 5.83. The number of carbonyl (C=O) groups excluding carboxylic acids is 1. The lowest BCUT2D eigenvalue weighted by atomic mass is 10.2. The lowest BCUT2D eigenvalue weighted by molar-refractivity contribution is -0.116. The third kappa shape index (κ3) is 5.84. The Bertz CT molecular complexity index is 408. The van der Waals surface area contributed by atoms with Crippen LogP contribution in [0.15, 0.2) is 24.3 Å². The van der Waals surface area contributed by atoms with Crippen molar-refractivity contribution in [2.24, 2.45) is 0 Å². The van der Waals surface area contributed by atoms with Crippen molar-refractivity contribution in [1.29, 1.82) is 0 Å². The molecule has 20 heavy (non-hydrogen) atoms. The molecule has 1 unspecified atom stereocenters. The van der Waals surface area contributed by atoms with Gasteiger partial charge in [-0.25, -0.2) is 0 Å². The minimum absolute atomic E-state index is 0.0422. The van der Waals surface area contributed by atoms with E-state index in [0.717, 1.165) is 24.4 Å². The summed E-state index contributed by atoms with van der Waals surface area (Å²) in [5.74, 6) is 1.15. The van der Waals surface area contributed by atoms with Crippen LogP contribution >= 0.6 is 11.8 Å². The maximum absolute atomic E-state index is 11.9. The SMILES string of the molecule is CCC(CSC)N(C)CCC(=O)Nc1ccc(N)cc1. The van der Waals surface area contributed by atoms with Crippen molar-refractivity contribution in [2.75, 3.05) is 36.7 Å². The van der Waals surface area contributed by atoms with Crippen LogP contribution in [0.1, 0.15) is 19.8 Å². The number of carbonyl (C=O) groups is 1. The largest absolute Gasteiger partial charge is 0.399 e. The number of thioether (sulfide) groups is 1. The Morgan fingerprint density at radius 1 is 1.40 bits per heavy atom. The van der Waals surface area contributed by atoms with Gasteiger partial charge in [-0.3, -0.25) is 4.79 Å². The predicted octanol–water partition coefficient (Wildman–Crippen LogP) is 2.67. The van der Waals surface area contributed by atoms with Crippen molar-refractivity contribution in [2.45, 2.75) is 25.8 Å². The van der Waals surface area contributed by atoms with Crippen molar-refractivity contribution >= 4 is 29.0 Å². The molecule has 0 heterocycles. The maximum Gasteiger partial charge on any atom is 0.225 e. The molecule has 1 rings (SSSR count). The summed E-state index contributed by atoms with van der Waals surface area (Å²) in [6.45, 7) is 2.96. The van der Waals surface area contributed by atoms with Gasteiger partial charge in [0.15, 0.2) is 0 Å². The van der Waals surface area contributed by atoms with Crippen LogP contribution in [0.2, 0.25) is 0 Å². The fraction of sp³-hybridized carbons (Fsp3) is 0.533. The number of nitrogens with two attached hydrogens (primary N) is 1. The first-order valence-corrected chi connectivity index (χ1v) is 8.30. The van der Waals surface area contributed by atoms with Crippen LogP contribution in [0.4, 0.5) is 11.4 Å². The average Bonchev–Trinajstić information content (AvgIpc) is 2.44. The second-order valence-electron chi connectivity index (χ2n) is 4.92. The molecule has 1 aromatic carbocycles. The number of benzene rings is 1. The van der Waals surface area contributed by atoms with Crippen LogP contribution in [-0.2, 0) is 4.79 Å². The van der Waals surface area contributed by atoms with Crippen LogP contribution < -0.4 is 11.1 Å². The van der Waals surface area contributed by atoms with Crippen molar-refractivity contribution < 1.29 is 4.79 Å². The van der Waals surface area contributed by atoms with E-state index in [1.54, 1.807) is 12.1 Å². The zero-order valence-electron chi connectivity index (χ0n) is 12.6. The Morgan fingerprint density at radius 2 is 2.05 bits per heavy atom. The minimum Gasteiger partial charge on any atom is -0.399 e. The maximum atomic E-state index is 11.9. The molecule has 1 atom stereocenters. The summed E-state index contributed by atoms with van der Waals surface area (Å²) in [5, 5.41) is 2.89. The molecule has 3 N–H and O–H groups in total. The van der Waals surface area contributed by atoms with Gasteiger partial charge in [-0.2, -0.15) is 11.8 Å². The summed E-state index contributed by atoms with van der Waals surface area (Å²) >= 11 is 1.85. The van der Waals surface area contributed by atoms with E-state index in [0.29, 0.717) is 18.2 Å². The number of nitrogen functional groups attached to an aromatic ring is 1. The highest BCUT2D eigenvalue weighted by atomic mass is 32.2. The molecule has 0 aliphatic rings. The van der Waals surface area contributed by atoms with Gasteiger partial charge in [0, 0.05) is 36.1 Å². The van der Waals surface area contributed by atoms with Gasteiger partial charge < -0.3 is 16.0 Å². The van der Waals surface area contributed by atoms with E-state index in [1.165, 1.54) is 0 Å². The van der Waals surface area contributed by atoms with Crippen molar-refractivity contribution in [3.05, 3.63) is 24.3 Å². The number of nitrogens with one attached hydrogen (secondary N) is 1. The predicted molar refractivity (Wildman–Crippen MR) is 89.2 cm³/mol. The molecule has 1 aromatic rings. The Balaban J connectivity index is 2.37. The average molecular weight is 295 g/mol. The first kappa shape index (κ1) is 16.9. The smallest absolute Gasteiger partial charge is 0.225 e. The quantitative estimate of drug-likeness (QED) is 0.724. The van der Waals surface area contributed by atoms with E-state index in [2.05, 4.69) is 30.4 Å². The molecule has 0 saturated heterocycles. The summed E-state index contributed by atoms with van der Waals surface area (Å²) in [7, 11) is 2.08. The van der Waals surface area contributed by atoms with E-state index in [1.807, 2.05) is 23.9 Å². The number of anilines is 2. The van der Waals surface area contributed by atoms with Crippen LogP contribution in [0.3, 0.4) is 0 Å². The van der Waals surface area contributed by atoms with Crippen molar-refractivity contribution in [1.82, 2.24) is 4.90 Å². The van der Waals surface area contributed by atoms with Gasteiger partial charge in [0.05, 0.1) is 0 Å². The second kappa shape index (κ2) is 8.87. The van der Waals surface area contributed by atoms with Crippen molar-refractivity contribution in [3.8, 4) is 0 Å². The molecule has 0 fully saturated rings. The number of rotatable bonds is 8. The van der Waals surface area contributed by atoms with Gasteiger partial charge in [0.1, 0.15) is 0 Å². The normalized spacial score (nSPS) is 12.4. The van der Waals surface area contributed by atoms with Gasteiger partial charge in [-0.05, 0) is 44.0 Å². The Hall–Kier alpha value is -1.20. The van der Waals surface area contributed by atoms with Gasteiger partial charge in [0.25, 0.3) is 0 Å². The fourth-order valence-corrected chi connectivity index (χ4v) is 2.87. The van der Waals surface area contributed by atoms with Gasteiger partial charge in [-0.1, -0.05) is 6.92 Å². The zero-order chi connectivity index (χ0) is 15.0. The summed E-state index contributed by atoms with van der Waals surface area (Å²) in [6, 6.07) is 7.74. The Kier molecular flexibility index (Phi) is 7.47. The minimum atomic E-state index is 0.0422. The third-order valence-electron chi connectivity index (χ3n) is 3.34. The highest BCUT2D eigenvalue weighted by Gasteiger charge is 2.13. The fourth-order valence-electron chi connectivity index (χ4n) is 2.00. The van der Waals surface area contributed by atoms with Crippen LogP contribution in [0.5, 0.6) is 0 Å². The molecule has 0 saturated carbocycles. The molecule has 1 amide bonds. The molecule has 0 bridgehead atoms. The van der Waals surface area contributed by atoms with E-state index >= 15 is 0 Å². The van der Waals surface area contributed by atoms with E-state index in [4.69, 9.17) is 5.73 Å². The van der Waals surface area contributed by atoms with Crippen LogP contribution in [-0.4, -0.2) is 42.4 Å².